The van der Waals surface area contributed by atoms with Crippen molar-refractivity contribution in [3.63, 3.8) is 0 Å². The lowest BCUT2D eigenvalue weighted by atomic mass is 9.98. The van der Waals surface area contributed by atoms with E-state index in [2.05, 4.69) is 182 Å². The number of nitrogens with zero attached hydrogens (tertiary/aromatic N) is 8. The van der Waals surface area contributed by atoms with Crippen LogP contribution in [0.1, 0.15) is 0 Å². The zero-order chi connectivity index (χ0) is 66.3. The molecule has 0 amide bonds. The van der Waals surface area contributed by atoms with Crippen molar-refractivity contribution in [2.24, 2.45) is 0 Å². The Morgan fingerprint density at radius 2 is 0.440 bits per heavy atom. The first kappa shape index (κ1) is 58.8. The van der Waals surface area contributed by atoms with E-state index in [4.69, 9.17) is 48.7 Å². The molecule has 13 aromatic carbocycles. The highest BCUT2D eigenvalue weighted by Crippen LogP contribution is 2.44. The number of rotatable bonds is 11. The third kappa shape index (κ3) is 11.2. The molecule has 0 N–H and O–H groups in total. The third-order valence-electron chi connectivity index (χ3n) is 18.3. The van der Waals surface area contributed by atoms with Crippen molar-refractivity contribution < 1.29 is 8.83 Å². The highest BCUT2D eigenvalue weighted by atomic mass is 16.3. The average Bonchev–Trinajstić information content (AvgIpc) is 1.54. The van der Waals surface area contributed by atoms with Crippen LogP contribution in [0, 0.1) is 0 Å². The summed E-state index contributed by atoms with van der Waals surface area (Å²) in [7, 11) is 0. The predicted molar refractivity (Wildman–Crippen MR) is 405 cm³/mol. The standard InChI is InChI=1S/C48H30N4O.C42H26N4O/c1-4-12-31(13-5-1)33-20-24-36(25-21-33)47-50-46(35-16-8-3-9-17-35)51-48(52-47)37-26-22-34(23-27-37)44-43-39-18-10-11-19-42(39)53-45(43)40-30-38(28-29-41(40)49-44)32-14-6-2-7-15-32;1-4-13-27(14-5-1)30-23-24-35-34(26-30)39-37(33-21-10-11-22-36(33)47-39)38(43-35)31-19-12-20-32(25-31)42-45-40(28-15-6-2-7-16-28)44-41(46-42)29-17-8-3-9-18-29/h1-30H;1-26H. The molecule has 0 aliphatic carbocycles. The largest absolute Gasteiger partial charge is 0.455 e. The van der Waals surface area contributed by atoms with Crippen LogP contribution in [0.5, 0.6) is 0 Å². The fourth-order valence-electron chi connectivity index (χ4n) is 13.3. The van der Waals surface area contributed by atoms with E-state index in [1.165, 1.54) is 5.56 Å². The van der Waals surface area contributed by atoms with Crippen LogP contribution in [0.25, 0.3) is 190 Å². The summed E-state index contributed by atoms with van der Waals surface area (Å²) in [4.78, 5) is 40.3. The van der Waals surface area contributed by atoms with E-state index < -0.39 is 0 Å². The fourth-order valence-corrected chi connectivity index (χ4v) is 13.3. The molecule has 10 heteroatoms. The van der Waals surface area contributed by atoms with Gasteiger partial charge >= 0.3 is 0 Å². The van der Waals surface area contributed by atoms with Gasteiger partial charge in [-0.25, -0.2) is 39.9 Å². The molecule has 0 atom stereocenters. The number of fused-ring (bicyclic) bond motifs is 10. The summed E-state index contributed by atoms with van der Waals surface area (Å²) in [5.74, 6) is 3.70. The SMILES string of the molecule is c1ccc(-c2ccc(-c3nc(-c4ccccc4)nc(-c4ccc(-c5nc6ccc(-c7ccccc7)cc6c6oc7ccccc7c56)cc4)n3)cc2)cc1.c1ccc(-c2ccc3nc(-c4cccc(-c5nc(-c6ccccc6)nc(-c6ccccc6)n5)c4)c4c5ccccc5oc4c3c2)cc1. The Morgan fingerprint density at radius 1 is 0.170 bits per heavy atom. The van der Waals surface area contributed by atoms with E-state index in [1.807, 2.05) is 158 Å². The maximum Gasteiger partial charge on any atom is 0.164 e. The van der Waals surface area contributed by atoms with Crippen LogP contribution in [-0.2, 0) is 0 Å². The molecule has 100 heavy (non-hydrogen) atoms. The Bertz CT molecular complexity index is 6180. The van der Waals surface area contributed by atoms with Gasteiger partial charge in [0.05, 0.1) is 33.2 Å². The van der Waals surface area contributed by atoms with E-state index in [0.29, 0.717) is 34.9 Å². The zero-order valence-corrected chi connectivity index (χ0v) is 53.7. The van der Waals surface area contributed by atoms with Crippen LogP contribution in [-0.4, -0.2) is 39.9 Å². The Balaban J connectivity index is 0.000000145. The summed E-state index contributed by atoms with van der Waals surface area (Å²) in [5.41, 5.74) is 21.1. The lowest BCUT2D eigenvalue weighted by Gasteiger charge is -2.11. The first-order valence-electron chi connectivity index (χ1n) is 33.2. The molecular formula is C90H56N8O2. The molecule has 0 aliphatic rings. The first-order chi connectivity index (χ1) is 49.5. The van der Waals surface area contributed by atoms with Gasteiger partial charge in [-0.2, -0.15) is 0 Å². The Labute approximate surface area is 575 Å². The summed E-state index contributed by atoms with van der Waals surface area (Å²) >= 11 is 0. The number of hydrogen-bond donors (Lipinski definition) is 0. The van der Waals surface area contributed by atoms with E-state index in [-0.39, 0.29) is 0 Å². The second-order valence-electron chi connectivity index (χ2n) is 24.5. The Kier molecular flexibility index (Phi) is 15.0. The highest BCUT2D eigenvalue weighted by molar-refractivity contribution is 6.21. The molecule has 6 aromatic heterocycles. The number of para-hydroxylation sites is 2. The minimum atomic E-state index is 0.598. The van der Waals surface area contributed by atoms with Gasteiger partial charge in [-0.15, -0.1) is 0 Å². The molecule has 6 heterocycles. The fraction of sp³-hybridized carbons (Fsp3) is 0. The average molecular weight is 1280 g/mol. The van der Waals surface area contributed by atoms with Gasteiger partial charge < -0.3 is 8.83 Å². The Hall–Kier alpha value is -13.7. The second-order valence-corrected chi connectivity index (χ2v) is 24.5. The molecule has 10 nitrogen and oxygen atoms in total. The van der Waals surface area contributed by atoms with Crippen molar-refractivity contribution in [1.82, 2.24) is 39.9 Å². The van der Waals surface area contributed by atoms with Crippen molar-refractivity contribution in [1.29, 1.82) is 0 Å². The molecule has 0 aliphatic heterocycles. The normalized spacial score (nSPS) is 11.4. The molecule has 19 aromatic rings. The third-order valence-corrected chi connectivity index (χ3v) is 18.3. The van der Waals surface area contributed by atoms with Gasteiger partial charge in [0.25, 0.3) is 0 Å². The second kappa shape index (κ2) is 25.5. The number of benzene rings is 13. The van der Waals surface area contributed by atoms with Crippen molar-refractivity contribution in [3.05, 3.63) is 340 Å². The van der Waals surface area contributed by atoms with Crippen molar-refractivity contribution >= 4 is 65.7 Å². The van der Waals surface area contributed by atoms with Gasteiger partial charge in [0.2, 0.25) is 0 Å². The molecule has 0 unspecified atom stereocenters. The van der Waals surface area contributed by atoms with E-state index in [1.54, 1.807) is 0 Å². The van der Waals surface area contributed by atoms with Crippen LogP contribution in [0.4, 0.5) is 0 Å². The van der Waals surface area contributed by atoms with Crippen LogP contribution in [0.2, 0.25) is 0 Å². The van der Waals surface area contributed by atoms with Crippen LogP contribution < -0.4 is 0 Å². The molecule has 0 spiro atoms. The number of pyridine rings is 2. The molecular weight excluding hydrogens is 1230 g/mol. The number of furan rings is 2. The number of aromatic nitrogens is 8. The molecule has 19 rings (SSSR count). The minimum absolute atomic E-state index is 0.598. The summed E-state index contributed by atoms with van der Waals surface area (Å²) in [5, 5.41) is 6.02. The quantitative estimate of drug-likeness (QED) is 0.123. The van der Waals surface area contributed by atoms with Gasteiger partial charge in [0.1, 0.15) is 22.3 Å². The monoisotopic (exact) mass is 1280 g/mol. The van der Waals surface area contributed by atoms with Crippen LogP contribution in [0.15, 0.2) is 349 Å². The van der Waals surface area contributed by atoms with Gasteiger partial charge in [-0.05, 0) is 75.8 Å². The van der Waals surface area contributed by atoms with Crippen molar-refractivity contribution in [3.8, 4) is 124 Å². The summed E-state index contributed by atoms with van der Waals surface area (Å²) in [6, 6.07) is 115. The van der Waals surface area contributed by atoms with Gasteiger partial charge in [0, 0.05) is 66.1 Å². The highest BCUT2D eigenvalue weighted by Gasteiger charge is 2.23. The topological polar surface area (TPSA) is 129 Å². The summed E-state index contributed by atoms with van der Waals surface area (Å²) < 4.78 is 13.2. The van der Waals surface area contributed by atoms with E-state index in [9.17, 15) is 0 Å². The smallest absolute Gasteiger partial charge is 0.164 e. The van der Waals surface area contributed by atoms with Gasteiger partial charge in [0.15, 0.2) is 34.9 Å². The Morgan fingerprint density at radius 3 is 0.840 bits per heavy atom. The van der Waals surface area contributed by atoms with E-state index >= 15 is 0 Å². The molecule has 0 saturated carbocycles. The predicted octanol–water partition coefficient (Wildman–Crippen LogP) is 23.0. The maximum atomic E-state index is 6.59. The molecule has 0 saturated heterocycles. The molecule has 468 valence electrons. The van der Waals surface area contributed by atoms with Crippen LogP contribution >= 0.6 is 0 Å². The summed E-state index contributed by atoms with van der Waals surface area (Å²) in [6.07, 6.45) is 0. The summed E-state index contributed by atoms with van der Waals surface area (Å²) in [6.45, 7) is 0. The maximum absolute atomic E-state index is 6.59. The van der Waals surface area contributed by atoms with Gasteiger partial charge in [-0.1, -0.05) is 297 Å². The zero-order valence-electron chi connectivity index (χ0n) is 53.7. The van der Waals surface area contributed by atoms with Crippen molar-refractivity contribution in [2.75, 3.05) is 0 Å². The molecule has 0 bridgehead atoms. The molecule has 0 fully saturated rings. The lowest BCUT2D eigenvalue weighted by Crippen LogP contribution is -2.00. The van der Waals surface area contributed by atoms with E-state index in [0.717, 1.165) is 149 Å². The minimum Gasteiger partial charge on any atom is -0.455 e. The number of hydrogen-bond acceptors (Lipinski definition) is 10. The van der Waals surface area contributed by atoms with Crippen molar-refractivity contribution in [2.45, 2.75) is 0 Å². The lowest BCUT2D eigenvalue weighted by molar-refractivity contribution is 0.672. The molecule has 0 radical (unpaired) electrons. The van der Waals surface area contributed by atoms with Crippen LogP contribution in [0.3, 0.4) is 0 Å². The first-order valence-corrected chi connectivity index (χ1v) is 33.2. The van der Waals surface area contributed by atoms with Gasteiger partial charge in [-0.3, -0.25) is 0 Å².